The molecule has 1 N–H and O–H groups in total. The average Bonchev–Trinajstić information content (AvgIpc) is 2.33. The van der Waals surface area contributed by atoms with Crippen molar-refractivity contribution in [3.63, 3.8) is 0 Å². The van der Waals surface area contributed by atoms with E-state index in [1.807, 2.05) is 6.07 Å². The lowest BCUT2D eigenvalue weighted by molar-refractivity contribution is 0.538. The summed E-state index contributed by atoms with van der Waals surface area (Å²) in [7, 11) is 0. The van der Waals surface area contributed by atoms with E-state index in [0.717, 1.165) is 17.7 Å². The fraction of sp³-hybridized carbons (Fsp3) is 0.462. The van der Waals surface area contributed by atoms with E-state index < -0.39 is 0 Å². The first-order valence-electron chi connectivity index (χ1n) is 5.61. The zero-order chi connectivity index (χ0) is 12.7. The summed E-state index contributed by atoms with van der Waals surface area (Å²) in [5, 5.41) is 12.1. The lowest BCUT2D eigenvalue weighted by Crippen LogP contribution is -2.30. The molecule has 0 amide bonds. The van der Waals surface area contributed by atoms with Crippen molar-refractivity contribution in [3.8, 4) is 6.07 Å². The van der Waals surface area contributed by atoms with E-state index in [1.165, 1.54) is 12.1 Å². The molecule has 2 nitrogen and oxygen atoms in total. The smallest absolute Gasteiger partial charge is 0.124 e. The molecule has 1 rings (SSSR count). The van der Waals surface area contributed by atoms with Gasteiger partial charge >= 0.3 is 0 Å². The van der Waals surface area contributed by atoms with E-state index in [1.54, 1.807) is 17.8 Å². The van der Waals surface area contributed by atoms with Crippen LogP contribution in [0.5, 0.6) is 0 Å². The van der Waals surface area contributed by atoms with Gasteiger partial charge in [0.1, 0.15) is 5.82 Å². The van der Waals surface area contributed by atoms with Crippen LogP contribution in [0.15, 0.2) is 18.2 Å². The van der Waals surface area contributed by atoms with Crippen molar-refractivity contribution in [2.24, 2.45) is 0 Å². The number of nitrogens with zero attached hydrogens (tertiary/aromatic N) is 1. The number of nitriles is 1. The number of halogens is 1. The molecule has 0 heterocycles. The Hall–Kier alpha value is -1.05. The lowest BCUT2D eigenvalue weighted by Gasteiger charge is -2.15. The fourth-order valence-corrected chi connectivity index (χ4v) is 2.36. The number of nitrogens with one attached hydrogen (secondary N) is 1. The molecule has 1 atom stereocenters. The molecule has 0 saturated carbocycles. The minimum Gasteiger partial charge on any atom is -0.309 e. The molecule has 17 heavy (non-hydrogen) atoms. The summed E-state index contributed by atoms with van der Waals surface area (Å²) in [6, 6.07) is 6.84. The largest absolute Gasteiger partial charge is 0.309 e. The summed E-state index contributed by atoms with van der Waals surface area (Å²) in [6.07, 6.45) is 3.11. The second-order valence-electron chi connectivity index (χ2n) is 3.90. The van der Waals surface area contributed by atoms with Crippen LogP contribution in [-0.2, 0) is 6.54 Å². The van der Waals surface area contributed by atoms with Gasteiger partial charge in [-0.3, -0.25) is 0 Å². The van der Waals surface area contributed by atoms with Crippen molar-refractivity contribution in [1.29, 1.82) is 5.26 Å². The molecule has 1 unspecified atom stereocenters. The average molecular weight is 252 g/mol. The molecule has 4 heteroatoms. The molecule has 1 aromatic rings. The highest BCUT2D eigenvalue weighted by Gasteiger charge is 2.06. The minimum absolute atomic E-state index is 0.348. The summed E-state index contributed by atoms with van der Waals surface area (Å²) >= 11 is 1.79. The highest BCUT2D eigenvalue weighted by molar-refractivity contribution is 7.98. The monoisotopic (exact) mass is 252 g/mol. The van der Waals surface area contributed by atoms with E-state index >= 15 is 0 Å². The molecule has 0 aromatic heterocycles. The Labute approximate surface area is 106 Å². The standard InChI is InChI=1S/C13H17FN2S/c1-3-13(9-17-2)16-8-11-4-10(7-15)5-12(14)6-11/h4-6,13,16H,3,8-9H2,1-2H3. The Morgan fingerprint density at radius 2 is 2.24 bits per heavy atom. The van der Waals surface area contributed by atoms with E-state index in [2.05, 4.69) is 18.5 Å². The van der Waals surface area contributed by atoms with Crippen LogP contribution in [0.3, 0.4) is 0 Å². The van der Waals surface area contributed by atoms with Crippen molar-refractivity contribution in [2.75, 3.05) is 12.0 Å². The first kappa shape index (κ1) is 14.0. The summed E-state index contributed by atoms with van der Waals surface area (Å²) in [5.41, 5.74) is 1.20. The van der Waals surface area contributed by atoms with Gasteiger partial charge in [-0.1, -0.05) is 6.92 Å². The topological polar surface area (TPSA) is 35.8 Å². The van der Waals surface area contributed by atoms with Crippen LogP contribution in [-0.4, -0.2) is 18.1 Å². The normalized spacial score (nSPS) is 12.1. The second kappa shape index (κ2) is 7.31. The number of benzene rings is 1. The zero-order valence-electron chi connectivity index (χ0n) is 10.2. The number of hydrogen-bond acceptors (Lipinski definition) is 3. The van der Waals surface area contributed by atoms with Crippen molar-refractivity contribution in [2.45, 2.75) is 25.9 Å². The molecule has 0 radical (unpaired) electrons. The SMILES string of the molecule is CCC(CSC)NCc1cc(F)cc(C#N)c1. The predicted octanol–water partition coefficient (Wildman–Crippen LogP) is 2.93. The van der Waals surface area contributed by atoms with Crippen molar-refractivity contribution in [3.05, 3.63) is 35.1 Å². The Bertz CT molecular complexity index is 401. The van der Waals surface area contributed by atoms with Crippen molar-refractivity contribution >= 4 is 11.8 Å². The lowest BCUT2D eigenvalue weighted by atomic mass is 10.1. The molecular formula is C13H17FN2S. The molecule has 0 aliphatic carbocycles. The number of rotatable bonds is 6. The van der Waals surface area contributed by atoms with Gasteiger partial charge in [-0.2, -0.15) is 17.0 Å². The van der Waals surface area contributed by atoms with Crippen LogP contribution in [0.4, 0.5) is 4.39 Å². The van der Waals surface area contributed by atoms with Gasteiger partial charge in [0.25, 0.3) is 0 Å². The number of thioether (sulfide) groups is 1. The van der Waals surface area contributed by atoms with Gasteiger partial charge in [-0.15, -0.1) is 0 Å². The minimum atomic E-state index is -0.348. The Morgan fingerprint density at radius 1 is 1.47 bits per heavy atom. The molecule has 0 saturated heterocycles. The third kappa shape index (κ3) is 4.76. The van der Waals surface area contributed by atoms with Crippen LogP contribution in [0.1, 0.15) is 24.5 Å². The van der Waals surface area contributed by atoms with Gasteiger partial charge < -0.3 is 5.32 Å². The van der Waals surface area contributed by atoms with Gasteiger partial charge in [0, 0.05) is 18.3 Å². The molecule has 0 spiro atoms. The first-order chi connectivity index (χ1) is 8.19. The third-order valence-electron chi connectivity index (χ3n) is 2.54. The van der Waals surface area contributed by atoms with Gasteiger partial charge in [-0.05, 0) is 36.4 Å². The van der Waals surface area contributed by atoms with Crippen LogP contribution >= 0.6 is 11.8 Å². The van der Waals surface area contributed by atoms with Gasteiger partial charge in [0.15, 0.2) is 0 Å². The van der Waals surface area contributed by atoms with E-state index in [0.29, 0.717) is 18.2 Å². The first-order valence-corrected chi connectivity index (χ1v) is 7.00. The molecular weight excluding hydrogens is 235 g/mol. The van der Waals surface area contributed by atoms with E-state index in [-0.39, 0.29) is 5.82 Å². The summed E-state index contributed by atoms with van der Waals surface area (Å²) in [6.45, 7) is 2.73. The summed E-state index contributed by atoms with van der Waals surface area (Å²) in [5.74, 6) is 0.690. The Kier molecular flexibility index (Phi) is 6.03. The summed E-state index contributed by atoms with van der Waals surface area (Å²) < 4.78 is 13.2. The molecule has 0 fully saturated rings. The van der Waals surface area contributed by atoms with Crippen LogP contribution in [0.25, 0.3) is 0 Å². The fourth-order valence-electron chi connectivity index (χ4n) is 1.60. The molecule has 1 aromatic carbocycles. The van der Waals surface area contributed by atoms with Crippen LogP contribution in [0.2, 0.25) is 0 Å². The Balaban J connectivity index is 2.62. The highest BCUT2D eigenvalue weighted by Crippen LogP contribution is 2.09. The van der Waals surface area contributed by atoms with Crippen LogP contribution < -0.4 is 5.32 Å². The van der Waals surface area contributed by atoms with Gasteiger partial charge in [0.2, 0.25) is 0 Å². The maximum absolute atomic E-state index is 13.2. The molecule has 0 aliphatic rings. The molecule has 92 valence electrons. The van der Waals surface area contributed by atoms with Crippen LogP contribution in [0, 0.1) is 17.1 Å². The maximum Gasteiger partial charge on any atom is 0.124 e. The zero-order valence-corrected chi connectivity index (χ0v) is 11.0. The predicted molar refractivity (Wildman–Crippen MR) is 70.4 cm³/mol. The van der Waals surface area contributed by atoms with Gasteiger partial charge in [0.05, 0.1) is 11.6 Å². The Morgan fingerprint density at radius 3 is 2.82 bits per heavy atom. The van der Waals surface area contributed by atoms with E-state index in [9.17, 15) is 4.39 Å². The quantitative estimate of drug-likeness (QED) is 0.845. The highest BCUT2D eigenvalue weighted by atomic mass is 32.2. The maximum atomic E-state index is 13.2. The third-order valence-corrected chi connectivity index (χ3v) is 3.28. The van der Waals surface area contributed by atoms with Gasteiger partial charge in [-0.25, -0.2) is 4.39 Å². The van der Waals surface area contributed by atoms with E-state index in [4.69, 9.17) is 5.26 Å². The van der Waals surface area contributed by atoms with Crippen molar-refractivity contribution in [1.82, 2.24) is 5.32 Å². The van der Waals surface area contributed by atoms with Crippen molar-refractivity contribution < 1.29 is 4.39 Å². The molecule has 0 aliphatic heterocycles. The molecule has 0 bridgehead atoms. The number of hydrogen-bond donors (Lipinski definition) is 1. The summed E-state index contributed by atoms with van der Waals surface area (Å²) in [4.78, 5) is 0. The second-order valence-corrected chi connectivity index (χ2v) is 4.81.